The summed E-state index contributed by atoms with van der Waals surface area (Å²) in [7, 11) is 1.39. The Morgan fingerprint density at radius 2 is 2.11 bits per heavy atom. The van der Waals surface area contributed by atoms with Crippen LogP contribution in [0, 0.1) is 18.3 Å². The number of aryl methyl sites for hydroxylation is 1. The quantitative estimate of drug-likeness (QED) is 0.853. The molecule has 0 aliphatic rings. The van der Waals surface area contributed by atoms with Gasteiger partial charge in [0.15, 0.2) is 5.13 Å². The lowest BCUT2D eigenvalue weighted by atomic mass is 9.82. The van der Waals surface area contributed by atoms with Crippen molar-refractivity contribution >= 4 is 22.4 Å². The number of hydrogen-bond acceptors (Lipinski definition) is 5. The molecule has 1 atom stereocenters. The molecule has 0 saturated heterocycles. The molecule has 0 saturated carbocycles. The molecule has 0 bridgehead atoms. The Balaban J connectivity index is 2.67. The maximum atomic E-state index is 11.5. The number of carbonyl (C=O) groups excluding carboxylic acids is 1. The number of ether oxygens (including phenoxy) is 1. The van der Waals surface area contributed by atoms with Gasteiger partial charge in [-0.3, -0.25) is 0 Å². The zero-order chi connectivity index (χ0) is 13.9. The maximum Gasteiger partial charge on any atom is 0.350 e. The topological polar surface area (TPSA) is 51.2 Å². The van der Waals surface area contributed by atoms with Gasteiger partial charge in [-0.2, -0.15) is 0 Å². The minimum atomic E-state index is -0.318. The summed E-state index contributed by atoms with van der Waals surface area (Å²) in [6, 6.07) is 0. The van der Waals surface area contributed by atoms with Crippen LogP contribution in [-0.4, -0.2) is 24.6 Å². The monoisotopic (exact) mass is 270 g/mol. The summed E-state index contributed by atoms with van der Waals surface area (Å²) < 4.78 is 4.71. The van der Waals surface area contributed by atoms with E-state index in [-0.39, 0.29) is 11.4 Å². The van der Waals surface area contributed by atoms with Gasteiger partial charge in [0.1, 0.15) is 4.88 Å². The van der Waals surface area contributed by atoms with Crippen molar-refractivity contribution in [3.8, 4) is 0 Å². The molecule has 1 heterocycles. The molecule has 0 spiro atoms. The molecule has 1 rings (SSSR count). The predicted octanol–water partition coefficient (Wildman–Crippen LogP) is 3.33. The van der Waals surface area contributed by atoms with Gasteiger partial charge in [-0.15, -0.1) is 0 Å². The highest BCUT2D eigenvalue weighted by molar-refractivity contribution is 7.17. The maximum absolute atomic E-state index is 11.5. The Bertz CT molecular complexity index is 421. The van der Waals surface area contributed by atoms with Crippen LogP contribution in [0.3, 0.4) is 0 Å². The number of nitrogens with one attached hydrogen (secondary N) is 1. The molecule has 5 heteroatoms. The molecular formula is C13H22N2O2S. The first kappa shape index (κ1) is 15.0. The van der Waals surface area contributed by atoms with Gasteiger partial charge in [-0.1, -0.05) is 39.0 Å². The minimum Gasteiger partial charge on any atom is -0.465 e. The van der Waals surface area contributed by atoms with Gasteiger partial charge in [0, 0.05) is 6.54 Å². The first-order chi connectivity index (χ1) is 8.25. The molecule has 1 aromatic heterocycles. The standard InChI is InChI=1S/C13H22N2O2S/c1-8(13(3,4)5)7-14-12-15-9(2)10(18-12)11(16)17-6/h8H,7H2,1-6H3,(H,14,15). The van der Waals surface area contributed by atoms with E-state index in [4.69, 9.17) is 4.74 Å². The highest BCUT2D eigenvalue weighted by atomic mass is 32.1. The fourth-order valence-electron chi connectivity index (χ4n) is 1.30. The van der Waals surface area contributed by atoms with Crippen molar-refractivity contribution in [3.05, 3.63) is 10.6 Å². The molecule has 18 heavy (non-hydrogen) atoms. The molecule has 1 N–H and O–H groups in total. The van der Waals surface area contributed by atoms with Gasteiger partial charge < -0.3 is 10.1 Å². The third-order valence-electron chi connectivity index (χ3n) is 3.21. The lowest BCUT2D eigenvalue weighted by Gasteiger charge is -2.27. The van der Waals surface area contributed by atoms with Crippen molar-refractivity contribution in [2.24, 2.45) is 11.3 Å². The summed E-state index contributed by atoms with van der Waals surface area (Å²) in [4.78, 5) is 16.4. The van der Waals surface area contributed by atoms with Crippen molar-refractivity contribution in [2.75, 3.05) is 19.0 Å². The fourth-order valence-corrected chi connectivity index (χ4v) is 2.19. The summed E-state index contributed by atoms with van der Waals surface area (Å²) in [6.07, 6.45) is 0. The van der Waals surface area contributed by atoms with Crippen LogP contribution < -0.4 is 5.32 Å². The van der Waals surface area contributed by atoms with Crippen molar-refractivity contribution in [1.29, 1.82) is 0 Å². The van der Waals surface area contributed by atoms with Crippen LogP contribution in [0.1, 0.15) is 43.1 Å². The summed E-state index contributed by atoms with van der Waals surface area (Å²) in [5.41, 5.74) is 0.975. The van der Waals surface area contributed by atoms with Crippen molar-refractivity contribution in [3.63, 3.8) is 0 Å². The normalized spacial score (nSPS) is 13.2. The molecule has 0 fully saturated rings. The number of aromatic nitrogens is 1. The van der Waals surface area contributed by atoms with E-state index in [1.165, 1.54) is 18.4 Å². The van der Waals surface area contributed by atoms with E-state index < -0.39 is 0 Å². The average Bonchev–Trinajstić information content (AvgIpc) is 2.65. The lowest BCUT2D eigenvalue weighted by molar-refractivity contribution is 0.0605. The van der Waals surface area contributed by atoms with Crippen molar-refractivity contribution in [1.82, 2.24) is 4.98 Å². The highest BCUT2D eigenvalue weighted by Crippen LogP contribution is 2.27. The van der Waals surface area contributed by atoms with E-state index in [0.29, 0.717) is 10.8 Å². The fraction of sp³-hybridized carbons (Fsp3) is 0.692. The average molecular weight is 270 g/mol. The van der Waals surface area contributed by atoms with Crippen molar-refractivity contribution in [2.45, 2.75) is 34.6 Å². The second kappa shape index (κ2) is 5.69. The number of esters is 1. The number of nitrogens with zero attached hydrogens (tertiary/aromatic N) is 1. The molecule has 102 valence electrons. The molecule has 0 aliphatic carbocycles. The van der Waals surface area contributed by atoms with E-state index in [2.05, 4.69) is 38.0 Å². The van der Waals surface area contributed by atoms with Gasteiger partial charge in [0.2, 0.25) is 0 Å². The Hall–Kier alpha value is -1.10. The van der Waals surface area contributed by atoms with E-state index >= 15 is 0 Å². The first-order valence-electron chi connectivity index (χ1n) is 6.05. The number of anilines is 1. The number of rotatable bonds is 4. The first-order valence-corrected chi connectivity index (χ1v) is 6.87. The molecule has 0 aromatic carbocycles. The summed E-state index contributed by atoms with van der Waals surface area (Å²) in [5, 5.41) is 4.07. The zero-order valence-electron chi connectivity index (χ0n) is 12.0. The SMILES string of the molecule is COC(=O)c1sc(NCC(C)C(C)(C)C)nc1C. The van der Waals surface area contributed by atoms with Crippen LogP contribution in [0.5, 0.6) is 0 Å². The molecule has 0 amide bonds. The largest absolute Gasteiger partial charge is 0.465 e. The predicted molar refractivity (Wildman–Crippen MR) is 75.3 cm³/mol. The Labute approximate surface area is 113 Å². The van der Waals surface area contributed by atoms with E-state index in [1.807, 2.05) is 6.92 Å². The van der Waals surface area contributed by atoms with Gasteiger partial charge in [0.05, 0.1) is 12.8 Å². The number of methoxy groups -OCH3 is 1. The van der Waals surface area contributed by atoms with Crippen LogP contribution in [0.2, 0.25) is 0 Å². The Morgan fingerprint density at radius 1 is 1.50 bits per heavy atom. The minimum absolute atomic E-state index is 0.254. The van der Waals surface area contributed by atoms with Gasteiger partial charge in [-0.05, 0) is 18.3 Å². The number of thiazole rings is 1. The van der Waals surface area contributed by atoms with E-state index in [9.17, 15) is 4.79 Å². The van der Waals surface area contributed by atoms with Gasteiger partial charge >= 0.3 is 5.97 Å². The lowest BCUT2D eigenvalue weighted by Crippen LogP contribution is -2.24. The smallest absolute Gasteiger partial charge is 0.350 e. The third kappa shape index (κ3) is 3.70. The summed E-state index contributed by atoms with van der Waals surface area (Å²) in [6.45, 7) is 11.5. The second-order valence-electron chi connectivity index (χ2n) is 5.57. The van der Waals surface area contributed by atoms with Crippen molar-refractivity contribution < 1.29 is 9.53 Å². The highest BCUT2D eigenvalue weighted by Gasteiger charge is 2.21. The van der Waals surface area contributed by atoms with Crippen LogP contribution >= 0.6 is 11.3 Å². The molecule has 1 aromatic rings. The van der Waals surface area contributed by atoms with E-state index in [0.717, 1.165) is 17.4 Å². The van der Waals surface area contributed by atoms with E-state index in [1.54, 1.807) is 0 Å². The molecule has 4 nitrogen and oxygen atoms in total. The van der Waals surface area contributed by atoms with Crippen LogP contribution in [0.15, 0.2) is 0 Å². The number of hydrogen-bond donors (Lipinski definition) is 1. The molecular weight excluding hydrogens is 248 g/mol. The molecule has 1 unspecified atom stereocenters. The second-order valence-corrected chi connectivity index (χ2v) is 6.57. The zero-order valence-corrected chi connectivity index (χ0v) is 12.8. The Kier molecular flexibility index (Phi) is 4.73. The van der Waals surface area contributed by atoms with Crippen LogP contribution in [-0.2, 0) is 4.74 Å². The summed E-state index contributed by atoms with van der Waals surface area (Å²) in [5.74, 6) is 0.199. The van der Waals surface area contributed by atoms with Gasteiger partial charge in [0.25, 0.3) is 0 Å². The molecule has 0 radical (unpaired) electrons. The van der Waals surface area contributed by atoms with Crippen LogP contribution in [0.4, 0.5) is 5.13 Å². The van der Waals surface area contributed by atoms with Gasteiger partial charge in [-0.25, -0.2) is 9.78 Å². The Morgan fingerprint density at radius 3 is 2.61 bits per heavy atom. The third-order valence-corrected chi connectivity index (χ3v) is 4.30. The summed E-state index contributed by atoms with van der Waals surface area (Å²) >= 11 is 1.35. The molecule has 0 aliphatic heterocycles. The number of carbonyl (C=O) groups is 1. The van der Waals surface area contributed by atoms with Crippen LogP contribution in [0.25, 0.3) is 0 Å².